The van der Waals surface area contributed by atoms with Gasteiger partial charge in [0.2, 0.25) is 0 Å². The molecule has 4 aromatic rings. The summed E-state index contributed by atoms with van der Waals surface area (Å²) in [5.41, 5.74) is 2.98. The monoisotopic (exact) mass is 360 g/mol. The van der Waals surface area contributed by atoms with Gasteiger partial charge >= 0.3 is 0 Å². The van der Waals surface area contributed by atoms with Gasteiger partial charge in [-0.25, -0.2) is 4.39 Å². The Labute approximate surface area is 154 Å². The predicted molar refractivity (Wildman–Crippen MR) is 101 cm³/mol. The highest BCUT2D eigenvalue weighted by atomic mass is 19.1. The van der Waals surface area contributed by atoms with Gasteiger partial charge in [0, 0.05) is 30.0 Å². The number of halogens is 1. The van der Waals surface area contributed by atoms with Gasteiger partial charge in [0.25, 0.3) is 0 Å². The Balaban J connectivity index is 1.41. The molecule has 0 spiro atoms. The molecule has 0 amide bonds. The van der Waals surface area contributed by atoms with Crippen LogP contribution in [0.25, 0.3) is 22.2 Å². The van der Waals surface area contributed by atoms with Crippen LogP contribution in [-0.4, -0.2) is 31.6 Å². The van der Waals surface area contributed by atoms with Crippen LogP contribution in [0.5, 0.6) is 0 Å². The van der Waals surface area contributed by atoms with Gasteiger partial charge in [-0.3, -0.25) is 10.1 Å². The number of hydrogen-bond acceptors (Lipinski definition) is 5. The van der Waals surface area contributed by atoms with Gasteiger partial charge in [0.15, 0.2) is 0 Å². The van der Waals surface area contributed by atoms with Gasteiger partial charge in [0.1, 0.15) is 12.0 Å². The lowest BCUT2D eigenvalue weighted by atomic mass is 9.72. The lowest BCUT2D eigenvalue weighted by Gasteiger charge is -2.44. The van der Waals surface area contributed by atoms with Crippen molar-refractivity contribution < 1.29 is 4.39 Å². The number of benzene rings is 1. The van der Waals surface area contributed by atoms with Crippen molar-refractivity contribution in [1.82, 2.24) is 25.4 Å². The van der Waals surface area contributed by atoms with Crippen molar-refractivity contribution in [3.63, 3.8) is 0 Å². The number of aromatic nitrogens is 5. The number of nitrogens with zero attached hydrogens (tertiary/aromatic N) is 4. The van der Waals surface area contributed by atoms with Crippen molar-refractivity contribution in [2.24, 2.45) is 0 Å². The number of fused-ring (bicyclic) bond motifs is 1. The maximum absolute atomic E-state index is 13.7. The molecular weight excluding hydrogens is 343 g/mol. The lowest BCUT2D eigenvalue weighted by Crippen LogP contribution is -2.49. The molecule has 0 unspecified atom stereocenters. The summed E-state index contributed by atoms with van der Waals surface area (Å²) >= 11 is 0. The smallest absolute Gasteiger partial charge is 0.149 e. The van der Waals surface area contributed by atoms with Crippen LogP contribution in [0.3, 0.4) is 0 Å². The minimum absolute atomic E-state index is 0.379. The van der Waals surface area contributed by atoms with E-state index in [1.807, 2.05) is 48.5 Å². The van der Waals surface area contributed by atoms with Crippen molar-refractivity contribution in [3.05, 3.63) is 66.6 Å². The average molecular weight is 360 g/mol. The third-order valence-corrected chi connectivity index (χ3v) is 5.06. The van der Waals surface area contributed by atoms with E-state index in [-0.39, 0.29) is 0 Å². The Hall–Kier alpha value is -3.35. The maximum Gasteiger partial charge on any atom is 0.149 e. The van der Waals surface area contributed by atoms with Crippen LogP contribution in [0.2, 0.25) is 0 Å². The van der Waals surface area contributed by atoms with Crippen LogP contribution in [0.4, 0.5) is 10.2 Å². The van der Waals surface area contributed by atoms with E-state index in [1.165, 1.54) is 0 Å². The average Bonchev–Trinajstić information content (AvgIpc) is 3.15. The topological polar surface area (TPSA) is 79.4 Å². The Bertz CT molecular complexity index is 1070. The van der Waals surface area contributed by atoms with E-state index >= 15 is 0 Å². The largest absolute Gasteiger partial charge is 0.357 e. The number of hydrogen-bond donors (Lipinski definition) is 2. The first-order valence-corrected chi connectivity index (χ1v) is 8.83. The highest BCUT2D eigenvalue weighted by molar-refractivity contribution is 5.83. The van der Waals surface area contributed by atoms with E-state index in [1.54, 1.807) is 12.4 Å². The summed E-state index contributed by atoms with van der Waals surface area (Å²) in [5.74, 6) is 0.610. The Morgan fingerprint density at radius 2 is 2.00 bits per heavy atom. The SMILES string of the molecule is FC1CC(Nc2ccc(-c3ccc4cn[nH]c4c3)nn2)(c2ccccn2)C1. The van der Waals surface area contributed by atoms with Crippen LogP contribution in [0.1, 0.15) is 18.5 Å². The molecule has 1 aliphatic carbocycles. The van der Waals surface area contributed by atoms with Crippen LogP contribution in [0, 0.1) is 0 Å². The van der Waals surface area contributed by atoms with E-state index in [9.17, 15) is 4.39 Å². The van der Waals surface area contributed by atoms with Crippen molar-refractivity contribution in [2.75, 3.05) is 5.32 Å². The number of anilines is 1. The molecule has 1 fully saturated rings. The van der Waals surface area contributed by atoms with Gasteiger partial charge in [-0.2, -0.15) is 5.10 Å². The van der Waals surface area contributed by atoms with Crippen molar-refractivity contribution in [3.8, 4) is 11.3 Å². The predicted octanol–water partition coefficient (Wildman–Crippen LogP) is 3.85. The van der Waals surface area contributed by atoms with Crippen molar-refractivity contribution in [2.45, 2.75) is 24.6 Å². The first-order valence-electron chi connectivity index (χ1n) is 8.83. The molecule has 3 heterocycles. The standard InChI is InChI=1S/C20H17FN6/c21-15-10-20(11-15,18-3-1-2-8-22-18)24-19-7-6-16(26-27-19)13-4-5-14-12-23-25-17(14)9-13/h1-9,12,15H,10-11H2,(H,23,25)(H,24,27). The number of alkyl halides is 1. The van der Waals surface area contributed by atoms with Crippen molar-refractivity contribution >= 4 is 16.7 Å². The second kappa shape index (κ2) is 6.12. The molecule has 1 aromatic carbocycles. The third-order valence-electron chi connectivity index (χ3n) is 5.06. The van der Waals surface area contributed by atoms with E-state index in [0.29, 0.717) is 18.7 Å². The molecule has 3 aromatic heterocycles. The van der Waals surface area contributed by atoms with Gasteiger partial charge in [-0.05, 0) is 30.3 Å². The molecule has 1 saturated carbocycles. The van der Waals surface area contributed by atoms with Gasteiger partial charge in [-0.15, -0.1) is 10.2 Å². The van der Waals surface area contributed by atoms with E-state index in [2.05, 4.69) is 30.7 Å². The Morgan fingerprint density at radius 1 is 1.07 bits per heavy atom. The zero-order chi connectivity index (χ0) is 18.3. The van der Waals surface area contributed by atoms with Crippen LogP contribution < -0.4 is 5.32 Å². The number of H-pyrrole nitrogens is 1. The second-order valence-electron chi connectivity index (χ2n) is 6.90. The fraction of sp³-hybridized carbons (Fsp3) is 0.200. The molecule has 0 saturated heterocycles. The fourth-order valence-electron chi connectivity index (χ4n) is 3.61. The molecule has 7 heteroatoms. The summed E-state index contributed by atoms with van der Waals surface area (Å²) in [7, 11) is 0. The lowest BCUT2D eigenvalue weighted by molar-refractivity contribution is 0.111. The summed E-state index contributed by atoms with van der Waals surface area (Å²) in [5, 5.41) is 20.0. The van der Waals surface area contributed by atoms with Crippen LogP contribution >= 0.6 is 0 Å². The van der Waals surface area contributed by atoms with Crippen molar-refractivity contribution in [1.29, 1.82) is 0 Å². The normalized spacial score (nSPS) is 21.7. The molecule has 134 valence electrons. The molecule has 6 nitrogen and oxygen atoms in total. The van der Waals surface area contributed by atoms with Gasteiger partial charge in [0.05, 0.1) is 28.6 Å². The van der Waals surface area contributed by atoms with Gasteiger partial charge in [-0.1, -0.05) is 18.2 Å². The first kappa shape index (κ1) is 15.9. The molecular formula is C20H17FN6. The number of pyridine rings is 1. The highest BCUT2D eigenvalue weighted by Gasteiger charge is 2.47. The number of aromatic amines is 1. The summed E-state index contributed by atoms with van der Waals surface area (Å²) in [6.45, 7) is 0. The summed E-state index contributed by atoms with van der Waals surface area (Å²) in [4.78, 5) is 4.41. The molecule has 0 aliphatic heterocycles. The Kier molecular flexibility index (Phi) is 3.60. The van der Waals surface area contributed by atoms with Crippen LogP contribution in [0.15, 0.2) is 60.9 Å². The van der Waals surface area contributed by atoms with E-state index < -0.39 is 11.7 Å². The minimum atomic E-state index is -0.826. The number of nitrogens with one attached hydrogen (secondary N) is 2. The summed E-state index contributed by atoms with van der Waals surface area (Å²) in [6, 6.07) is 15.4. The molecule has 2 N–H and O–H groups in total. The van der Waals surface area contributed by atoms with Gasteiger partial charge < -0.3 is 5.32 Å². The second-order valence-corrected chi connectivity index (χ2v) is 6.90. The third kappa shape index (κ3) is 2.81. The van der Waals surface area contributed by atoms with E-state index in [4.69, 9.17) is 0 Å². The number of rotatable bonds is 4. The quantitative estimate of drug-likeness (QED) is 0.578. The summed E-state index contributed by atoms with van der Waals surface area (Å²) in [6.07, 6.45) is 3.44. The van der Waals surface area contributed by atoms with Crippen LogP contribution in [-0.2, 0) is 5.54 Å². The Morgan fingerprint density at radius 3 is 2.74 bits per heavy atom. The molecule has 1 aliphatic rings. The molecule has 5 rings (SSSR count). The molecule has 0 bridgehead atoms. The zero-order valence-corrected chi connectivity index (χ0v) is 14.4. The first-order chi connectivity index (χ1) is 13.2. The fourth-order valence-corrected chi connectivity index (χ4v) is 3.61. The zero-order valence-electron chi connectivity index (χ0n) is 14.4. The maximum atomic E-state index is 13.7. The summed E-state index contributed by atoms with van der Waals surface area (Å²) < 4.78 is 13.7. The molecule has 27 heavy (non-hydrogen) atoms. The minimum Gasteiger partial charge on any atom is -0.357 e. The van der Waals surface area contributed by atoms with E-state index in [0.717, 1.165) is 27.9 Å². The highest BCUT2D eigenvalue weighted by Crippen LogP contribution is 2.44. The molecule has 0 atom stereocenters. The molecule has 0 radical (unpaired) electrons.